The maximum atomic E-state index is 12.9. The first-order valence-electron chi connectivity index (χ1n) is 7.89. The largest absolute Gasteiger partial charge is 0.338 e. The predicted molar refractivity (Wildman–Crippen MR) is 108 cm³/mol. The third kappa shape index (κ3) is 3.84. The highest BCUT2D eigenvalue weighted by atomic mass is 35.5. The van der Waals surface area contributed by atoms with E-state index in [-0.39, 0.29) is 11.9 Å². The Hall–Kier alpha value is -0.570. The summed E-state index contributed by atoms with van der Waals surface area (Å²) in [6, 6.07) is 3.24. The Kier molecular flexibility index (Phi) is 5.78. The lowest BCUT2D eigenvalue weighted by atomic mass is 10.1. The van der Waals surface area contributed by atoms with Gasteiger partial charge in [-0.25, -0.2) is 12.7 Å². The first-order chi connectivity index (χ1) is 12.1. The van der Waals surface area contributed by atoms with Crippen molar-refractivity contribution in [3.63, 3.8) is 0 Å². The quantitative estimate of drug-likeness (QED) is 0.691. The number of amides is 1. The number of sulfonamides is 1. The Morgan fingerprint density at radius 1 is 1.23 bits per heavy atom. The summed E-state index contributed by atoms with van der Waals surface area (Å²) in [4.78, 5) is 15.0. The number of piperidine rings is 1. The molecule has 1 amide bonds. The van der Waals surface area contributed by atoms with Crippen LogP contribution in [0, 0.1) is 0 Å². The van der Waals surface area contributed by atoms with Crippen LogP contribution in [-0.4, -0.2) is 56.0 Å². The van der Waals surface area contributed by atoms with Crippen LogP contribution in [0.4, 0.5) is 0 Å². The van der Waals surface area contributed by atoms with Crippen LogP contribution in [0.1, 0.15) is 22.5 Å². The van der Waals surface area contributed by atoms with Gasteiger partial charge in [-0.05, 0) is 25.0 Å². The Labute approximate surface area is 171 Å². The summed E-state index contributed by atoms with van der Waals surface area (Å²) in [5, 5.41) is 1.88. The molecule has 0 N–H and O–H groups in total. The van der Waals surface area contributed by atoms with Crippen LogP contribution in [0.3, 0.4) is 0 Å². The van der Waals surface area contributed by atoms with E-state index in [2.05, 4.69) is 0 Å². The Bertz CT molecular complexity index is 967. The topological polar surface area (TPSA) is 57.7 Å². The molecule has 5 nitrogen and oxygen atoms in total. The van der Waals surface area contributed by atoms with Crippen LogP contribution < -0.4 is 0 Å². The van der Waals surface area contributed by atoms with Gasteiger partial charge in [-0.3, -0.25) is 4.79 Å². The molecular formula is C16H17Cl3N2O3S2. The van der Waals surface area contributed by atoms with E-state index >= 15 is 0 Å². The molecule has 0 atom stereocenters. The first-order valence-corrected chi connectivity index (χ1v) is 11.7. The van der Waals surface area contributed by atoms with Gasteiger partial charge in [0.05, 0.1) is 16.3 Å². The number of nitrogens with zero attached hydrogens (tertiary/aromatic N) is 2. The molecule has 1 aromatic carbocycles. The zero-order chi connectivity index (χ0) is 19.2. The van der Waals surface area contributed by atoms with Crippen molar-refractivity contribution in [1.29, 1.82) is 0 Å². The number of carbonyl (C=O) groups is 1. The molecule has 3 rings (SSSR count). The molecule has 0 bridgehead atoms. The van der Waals surface area contributed by atoms with Gasteiger partial charge >= 0.3 is 0 Å². The van der Waals surface area contributed by atoms with Crippen LogP contribution in [0.25, 0.3) is 10.1 Å². The van der Waals surface area contributed by atoms with E-state index in [1.165, 1.54) is 21.9 Å². The second kappa shape index (κ2) is 7.45. The Morgan fingerprint density at radius 2 is 1.85 bits per heavy atom. The van der Waals surface area contributed by atoms with Crippen LogP contribution in [0.15, 0.2) is 12.1 Å². The van der Waals surface area contributed by atoms with E-state index in [1.54, 1.807) is 24.1 Å². The minimum absolute atomic E-state index is 0.0971. The lowest BCUT2D eigenvalue weighted by Gasteiger charge is -2.35. The van der Waals surface area contributed by atoms with Crippen molar-refractivity contribution in [2.45, 2.75) is 18.9 Å². The van der Waals surface area contributed by atoms with Crippen LogP contribution in [0.2, 0.25) is 15.1 Å². The van der Waals surface area contributed by atoms with Gasteiger partial charge in [0.15, 0.2) is 0 Å². The average Bonchev–Trinajstić information content (AvgIpc) is 2.89. The zero-order valence-corrected chi connectivity index (χ0v) is 18.0. The van der Waals surface area contributed by atoms with Gasteiger partial charge in [-0.15, -0.1) is 11.3 Å². The van der Waals surface area contributed by atoms with Crippen molar-refractivity contribution in [2.75, 3.05) is 26.4 Å². The fourth-order valence-electron chi connectivity index (χ4n) is 3.10. The molecule has 0 aliphatic carbocycles. The summed E-state index contributed by atoms with van der Waals surface area (Å²) in [7, 11) is -1.67. The molecule has 10 heteroatoms. The molecule has 1 fully saturated rings. The minimum Gasteiger partial charge on any atom is -0.338 e. The number of rotatable bonds is 3. The highest BCUT2D eigenvalue weighted by molar-refractivity contribution is 7.88. The molecule has 1 saturated heterocycles. The van der Waals surface area contributed by atoms with Gasteiger partial charge in [-0.1, -0.05) is 34.8 Å². The number of hydrogen-bond acceptors (Lipinski definition) is 4. The Morgan fingerprint density at radius 3 is 2.42 bits per heavy atom. The normalized spacial score (nSPS) is 16.6. The smallest absolute Gasteiger partial charge is 0.265 e. The van der Waals surface area contributed by atoms with Crippen LogP contribution in [0.5, 0.6) is 0 Å². The molecule has 1 aromatic heterocycles. The lowest BCUT2D eigenvalue weighted by molar-refractivity contribution is 0.0691. The van der Waals surface area contributed by atoms with E-state index in [0.717, 1.165) is 4.70 Å². The molecule has 1 aliphatic rings. The van der Waals surface area contributed by atoms with E-state index < -0.39 is 10.0 Å². The molecule has 0 spiro atoms. The number of thiophene rings is 1. The SMILES string of the molecule is CN(C1CCN(C(=O)c2sc3cc(Cl)cc(Cl)c3c2Cl)CC1)S(C)(=O)=O. The van der Waals surface area contributed by atoms with Gasteiger partial charge in [0, 0.05) is 41.3 Å². The highest BCUT2D eigenvalue weighted by Crippen LogP contribution is 2.41. The maximum absolute atomic E-state index is 12.9. The van der Waals surface area contributed by atoms with E-state index in [9.17, 15) is 13.2 Å². The van der Waals surface area contributed by atoms with Crippen molar-refractivity contribution < 1.29 is 13.2 Å². The second-order valence-electron chi connectivity index (χ2n) is 6.31. The van der Waals surface area contributed by atoms with Crippen LogP contribution >= 0.6 is 46.1 Å². The molecule has 142 valence electrons. The average molecular weight is 456 g/mol. The van der Waals surface area contributed by atoms with Gasteiger partial charge in [-0.2, -0.15) is 0 Å². The number of fused-ring (bicyclic) bond motifs is 1. The van der Waals surface area contributed by atoms with Crippen molar-refractivity contribution in [3.8, 4) is 0 Å². The van der Waals surface area contributed by atoms with Crippen molar-refractivity contribution in [1.82, 2.24) is 9.21 Å². The predicted octanol–water partition coefficient (Wildman–Crippen LogP) is 4.36. The van der Waals surface area contributed by atoms with Crippen molar-refractivity contribution in [2.24, 2.45) is 0 Å². The molecule has 2 aromatic rings. The molecule has 26 heavy (non-hydrogen) atoms. The maximum Gasteiger partial charge on any atom is 0.265 e. The summed E-state index contributed by atoms with van der Waals surface area (Å²) in [5.74, 6) is -0.163. The summed E-state index contributed by atoms with van der Waals surface area (Å²) in [6.07, 6.45) is 2.37. The lowest BCUT2D eigenvalue weighted by Crippen LogP contribution is -2.46. The molecule has 1 aliphatic heterocycles. The van der Waals surface area contributed by atoms with Gasteiger partial charge in [0.25, 0.3) is 5.91 Å². The summed E-state index contributed by atoms with van der Waals surface area (Å²) < 4.78 is 25.5. The molecule has 0 saturated carbocycles. The number of hydrogen-bond donors (Lipinski definition) is 0. The fourth-order valence-corrected chi connectivity index (χ4v) is 6.19. The number of likely N-dealkylation sites (tertiary alicyclic amines) is 1. The number of halogens is 3. The third-order valence-corrected chi connectivity index (χ3v) is 8.11. The Balaban J connectivity index is 1.80. The van der Waals surface area contributed by atoms with Crippen LogP contribution in [-0.2, 0) is 10.0 Å². The van der Waals surface area contributed by atoms with Crippen molar-refractivity contribution >= 4 is 72.2 Å². The highest BCUT2D eigenvalue weighted by Gasteiger charge is 2.31. The zero-order valence-electron chi connectivity index (χ0n) is 14.1. The number of benzene rings is 1. The first kappa shape index (κ1) is 20.2. The monoisotopic (exact) mass is 454 g/mol. The fraction of sp³-hybridized carbons (Fsp3) is 0.438. The summed E-state index contributed by atoms with van der Waals surface area (Å²) >= 11 is 19.9. The molecule has 0 unspecified atom stereocenters. The van der Waals surface area contributed by atoms with Gasteiger partial charge < -0.3 is 4.90 Å². The standard InChI is InChI=1S/C16H17Cl3N2O3S2/c1-20(26(2,23)24)10-3-5-21(6-4-10)16(22)15-14(19)13-11(18)7-9(17)8-12(13)25-15/h7-8,10H,3-6H2,1-2H3. The second-order valence-corrected chi connectivity index (χ2v) is 10.6. The van der Waals surface area contributed by atoms with Gasteiger partial charge in [0.2, 0.25) is 10.0 Å². The number of carbonyl (C=O) groups excluding carboxylic acids is 1. The minimum atomic E-state index is -3.24. The van der Waals surface area contributed by atoms with E-state index in [4.69, 9.17) is 34.8 Å². The van der Waals surface area contributed by atoms with E-state index in [0.29, 0.717) is 51.3 Å². The molecular weight excluding hydrogens is 439 g/mol. The molecule has 2 heterocycles. The van der Waals surface area contributed by atoms with E-state index in [1.807, 2.05) is 0 Å². The third-order valence-electron chi connectivity index (χ3n) is 4.63. The molecule has 0 radical (unpaired) electrons. The van der Waals surface area contributed by atoms with Gasteiger partial charge in [0.1, 0.15) is 4.88 Å². The summed E-state index contributed by atoms with van der Waals surface area (Å²) in [6.45, 7) is 0.949. The van der Waals surface area contributed by atoms with Crippen molar-refractivity contribution in [3.05, 3.63) is 32.1 Å². The summed E-state index contributed by atoms with van der Waals surface area (Å²) in [5.41, 5.74) is 0.